The zero-order valence-electron chi connectivity index (χ0n) is 14.4. The first-order chi connectivity index (χ1) is 11.5. The van der Waals surface area contributed by atoms with Gasteiger partial charge in [-0.1, -0.05) is 0 Å². The van der Waals surface area contributed by atoms with Crippen LogP contribution in [0.4, 0.5) is 5.69 Å². The highest BCUT2D eigenvalue weighted by atomic mass is 35.5. The largest absolute Gasteiger partial charge is 0.492 e. The molecule has 1 heterocycles. The molecule has 1 aliphatic rings. The minimum absolute atomic E-state index is 0. The fourth-order valence-corrected chi connectivity index (χ4v) is 4.29. The Hall–Kier alpha value is -1.35. The lowest BCUT2D eigenvalue weighted by Crippen LogP contribution is -2.28. The lowest BCUT2D eigenvalue weighted by molar-refractivity contribution is -0.116. The van der Waals surface area contributed by atoms with Gasteiger partial charge in [0.1, 0.15) is 10.6 Å². The van der Waals surface area contributed by atoms with Crippen molar-refractivity contribution < 1.29 is 17.9 Å². The third kappa shape index (κ3) is 5.57. The van der Waals surface area contributed by atoms with Crippen LogP contribution in [-0.4, -0.2) is 44.9 Å². The number of carbonyl (C=O) groups excluding carboxylic acids is 1. The van der Waals surface area contributed by atoms with Gasteiger partial charge in [0.05, 0.1) is 6.61 Å². The van der Waals surface area contributed by atoms with Gasteiger partial charge in [-0.2, -0.15) is 4.31 Å². The fraction of sp³-hybridized carbons (Fsp3) is 0.562. The van der Waals surface area contributed by atoms with E-state index in [4.69, 9.17) is 10.5 Å². The van der Waals surface area contributed by atoms with Crippen molar-refractivity contribution in [3.8, 4) is 5.75 Å². The van der Waals surface area contributed by atoms with Crippen LogP contribution in [0.5, 0.6) is 5.75 Å². The number of ether oxygens (including phenoxy) is 1. The molecule has 1 saturated heterocycles. The minimum Gasteiger partial charge on any atom is -0.492 e. The molecule has 0 bridgehead atoms. The molecule has 3 N–H and O–H groups in total. The highest BCUT2D eigenvalue weighted by Gasteiger charge is 2.30. The summed E-state index contributed by atoms with van der Waals surface area (Å²) < 4.78 is 32.6. The van der Waals surface area contributed by atoms with Crippen LogP contribution in [0.25, 0.3) is 0 Å². The van der Waals surface area contributed by atoms with Crippen molar-refractivity contribution in [3.05, 3.63) is 18.2 Å². The van der Waals surface area contributed by atoms with Crippen LogP contribution in [0.3, 0.4) is 0 Å². The van der Waals surface area contributed by atoms with Gasteiger partial charge in [0.25, 0.3) is 0 Å². The number of anilines is 1. The lowest BCUT2D eigenvalue weighted by Gasteiger charge is -2.19. The Morgan fingerprint density at radius 3 is 2.60 bits per heavy atom. The van der Waals surface area contributed by atoms with E-state index < -0.39 is 10.0 Å². The van der Waals surface area contributed by atoms with Crippen LogP contribution < -0.4 is 15.8 Å². The van der Waals surface area contributed by atoms with Gasteiger partial charge in [-0.05, 0) is 50.9 Å². The van der Waals surface area contributed by atoms with Gasteiger partial charge >= 0.3 is 0 Å². The summed E-state index contributed by atoms with van der Waals surface area (Å²) in [5.74, 6) is 0.124. The molecule has 142 valence electrons. The first-order valence-electron chi connectivity index (χ1n) is 8.26. The molecule has 0 atom stereocenters. The molecule has 0 aliphatic carbocycles. The first-order valence-corrected chi connectivity index (χ1v) is 9.70. The molecule has 0 saturated carbocycles. The lowest BCUT2D eigenvalue weighted by atomic mass is 10.2. The molecule has 7 nitrogen and oxygen atoms in total. The number of sulfonamides is 1. The van der Waals surface area contributed by atoms with Gasteiger partial charge in [0.2, 0.25) is 15.9 Å². The Morgan fingerprint density at radius 2 is 2.00 bits per heavy atom. The highest BCUT2D eigenvalue weighted by molar-refractivity contribution is 7.89. The van der Waals surface area contributed by atoms with Crippen molar-refractivity contribution >= 4 is 34.0 Å². The maximum absolute atomic E-state index is 12.9. The van der Waals surface area contributed by atoms with Crippen LogP contribution in [0.15, 0.2) is 23.1 Å². The summed E-state index contributed by atoms with van der Waals surface area (Å²) in [6.45, 7) is 3.63. The van der Waals surface area contributed by atoms with Gasteiger partial charge in [-0.25, -0.2) is 8.42 Å². The summed E-state index contributed by atoms with van der Waals surface area (Å²) in [6, 6.07) is 4.71. The quantitative estimate of drug-likeness (QED) is 0.705. The third-order valence-corrected chi connectivity index (χ3v) is 5.74. The predicted octanol–water partition coefficient (Wildman–Crippen LogP) is 1.97. The number of nitrogens with one attached hydrogen (secondary N) is 1. The van der Waals surface area contributed by atoms with Crippen LogP contribution in [0, 0.1) is 0 Å². The molecule has 0 aromatic heterocycles. The molecule has 1 aliphatic heterocycles. The fourth-order valence-electron chi connectivity index (χ4n) is 2.62. The summed E-state index contributed by atoms with van der Waals surface area (Å²) in [6.07, 6.45) is 2.61. The van der Waals surface area contributed by atoms with Gasteiger partial charge < -0.3 is 15.8 Å². The molecule has 1 fully saturated rings. The number of carbonyl (C=O) groups is 1. The minimum atomic E-state index is -3.63. The first kappa shape index (κ1) is 21.7. The van der Waals surface area contributed by atoms with Crippen LogP contribution in [0.1, 0.15) is 32.6 Å². The highest BCUT2D eigenvalue weighted by Crippen LogP contribution is 2.31. The summed E-state index contributed by atoms with van der Waals surface area (Å²) in [5.41, 5.74) is 5.84. The molecule has 25 heavy (non-hydrogen) atoms. The second-order valence-electron chi connectivity index (χ2n) is 5.65. The van der Waals surface area contributed by atoms with Gasteiger partial charge in [0, 0.05) is 25.2 Å². The van der Waals surface area contributed by atoms with Crippen LogP contribution >= 0.6 is 12.4 Å². The van der Waals surface area contributed by atoms with E-state index in [0.717, 1.165) is 12.8 Å². The topological polar surface area (TPSA) is 102 Å². The van der Waals surface area contributed by atoms with Gasteiger partial charge in [-0.15, -0.1) is 12.4 Å². The molecule has 1 aromatic carbocycles. The van der Waals surface area contributed by atoms with E-state index in [1.54, 1.807) is 19.1 Å². The number of rotatable bonds is 8. The summed E-state index contributed by atoms with van der Waals surface area (Å²) in [4.78, 5) is 11.9. The number of hydrogen-bond acceptors (Lipinski definition) is 5. The van der Waals surface area contributed by atoms with Crippen molar-refractivity contribution in [2.75, 3.05) is 31.6 Å². The Bertz CT molecular complexity index is 676. The van der Waals surface area contributed by atoms with Gasteiger partial charge in [0.15, 0.2) is 0 Å². The van der Waals surface area contributed by atoms with Crippen LogP contribution in [-0.2, 0) is 14.8 Å². The van der Waals surface area contributed by atoms with E-state index in [9.17, 15) is 13.2 Å². The summed E-state index contributed by atoms with van der Waals surface area (Å²) in [7, 11) is -3.63. The average Bonchev–Trinajstić information content (AvgIpc) is 3.10. The second kappa shape index (κ2) is 9.96. The maximum atomic E-state index is 12.9. The molecule has 2 rings (SSSR count). The number of hydrogen-bond donors (Lipinski definition) is 2. The zero-order chi connectivity index (χ0) is 17.6. The molecule has 1 aromatic rings. The molecule has 0 unspecified atom stereocenters. The van der Waals surface area contributed by atoms with E-state index in [2.05, 4.69) is 5.32 Å². The van der Waals surface area contributed by atoms with Crippen molar-refractivity contribution in [1.82, 2.24) is 4.31 Å². The number of halogens is 1. The number of benzene rings is 1. The van der Waals surface area contributed by atoms with E-state index >= 15 is 0 Å². The van der Waals surface area contributed by atoms with E-state index in [-0.39, 0.29) is 23.2 Å². The van der Waals surface area contributed by atoms with E-state index in [1.165, 1.54) is 10.4 Å². The number of nitrogens with zero attached hydrogens (tertiary/aromatic N) is 1. The van der Waals surface area contributed by atoms with Crippen molar-refractivity contribution in [2.45, 2.75) is 37.5 Å². The van der Waals surface area contributed by atoms with Crippen LogP contribution in [0.2, 0.25) is 0 Å². The Morgan fingerprint density at radius 1 is 1.32 bits per heavy atom. The van der Waals surface area contributed by atoms with E-state index in [0.29, 0.717) is 50.5 Å². The smallest absolute Gasteiger partial charge is 0.246 e. The molecular formula is C16H26ClN3O4S. The standard InChI is InChI=1S/C16H25N3O4S.ClH/c1-2-23-14-8-7-13(18-16(20)6-5-9-17)12-15(14)24(21,22)19-10-3-4-11-19;/h7-8,12H,2-6,9-11,17H2,1H3,(H,18,20);1H. The molecule has 0 spiro atoms. The Kier molecular flexibility index (Phi) is 8.64. The van der Waals surface area contributed by atoms with Crippen molar-refractivity contribution in [3.63, 3.8) is 0 Å². The molecule has 0 radical (unpaired) electrons. The van der Waals surface area contributed by atoms with Gasteiger partial charge in [-0.3, -0.25) is 4.79 Å². The summed E-state index contributed by atoms with van der Waals surface area (Å²) in [5, 5.41) is 2.72. The Balaban J connectivity index is 0.00000312. The normalized spacial score (nSPS) is 14.8. The van der Waals surface area contributed by atoms with Crippen molar-refractivity contribution in [2.24, 2.45) is 5.73 Å². The molecule has 1 amide bonds. The number of nitrogens with two attached hydrogens (primary N) is 1. The number of amides is 1. The molecule has 9 heteroatoms. The van der Waals surface area contributed by atoms with Crippen molar-refractivity contribution in [1.29, 1.82) is 0 Å². The molecular weight excluding hydrogens is 366 g/mol. The monoisotopic (exact) mass is 391 g/mol. The Labute approximate surface area is 155 Å². The average molecular weight is 392 g/mol. The second-order valence-corrected chi connectivity index (χ2v) is 7.55. The van der Waals surface area contributed by atoms with E-state index in [1.807, 2.05) is 0 Å². The predicted molar refractivity (Wildman–Crippen MR) is 99.8 cm³/mol. The zero-order valence-corrected chi connectivity index (χ0v) is 16.0. The maximum Gasteiger partial charge on any atom is 0.246 e. The third-order valence-electron chi connectivity index (χ3n) is 3.82. The summed E-state index contributed by atoms with van der Waals surface area (Å²) >= 11 is 0. The SMILES string of the molecule is CCOc1ccc(NC(=O)CCCN)cc1S(=O)(=O)N1CCCC1.Cl.